The van der Waals surface area contributed by atoms with E-state index in [1.54, 1.807) is 0 Å². The van der Waals surface area contributed by atoms with Crippen LogP contribution in [0.2, 0.25) is 0 Å². The zero-order chi connectivity index (χ0) is 9.78. The minimum Gasteiger partial charge on any atom is -0.390 e. The van der Waals surface area contributed by atoms with Crippen LogP contribution in [0, 0.1) is 5.41 Å². The maximum atomic E-state index is 9.66. The highest BCUT2D eigenvalue weighted by atomic mass is 16.5. The molecule has 0 radical (unpaired) electrons. The first-order valence-electron chi connectivity index (χ1n) is 4.73. The Morgan fingerprint density at radius 1 is 1.25 bits per heavy atom. The number of aliphatic hydroxyl groups excluding tert-OH is 1. The van der Waals surface area contributed by atoms with Gasteiger partial charge in [0.25, 0.3) is 0 Å². The number of rotatable bonds is 4. The Morgan fingerprint density at radius 3 is 2.00 bits per heavy atom. The van der Waals surface area contributed by atoms with Gasteiger partial charge in [-0.25, -0.2) is 0 Å². The molecule has 2 nitrogen and oxygen atoms in total. The van der Waals surface area contributed by atoms with Crippen molar-refractivity contribution in [3.8, 4) is 0 Å². The van der Waals surface area contributed by atoms with Crippen molar-refractivity contribution in [2.45, 2.75) is 53.2 Å². The molecule has 0 bridgehead atoms. The Balaban J connectivity index is 4.22. The molecule has 1 N–H and O–H groups in total. The fraction of sp³-hybridized carbons (Fsp3) is 1.00. The van der Waals surface area contributed by atoms with E-state index >= 15 is 0 Å². The van der Waals surface area contributed by atoms with Crippen molar-refractivity contribution in [1.29, 1.82) is 0 Å². The van der Waals surface area contributed by atoms with E-state index in [1.807, 2.05) is 13.8 Å². The third kappa shape index (κ3) is 3.55. The van der Waals surface area contributed by atoms with Crippen molar-refractivity contribution in [2.75, 3.05) is 6.61 Å². The van der Waals surface area contributed by atoms with Gasteiger partial charge >= 0.3 is 0 Å². The summed E-state index contributed by atoms with van der Waals surface area (Å²) < 4.78 is 5.51. The number of hydrogen-bond donors (Lipinski definition) is 1. The van der Waals surface area contributed by atoms with Gasteiger partial charge in [0.05, 0.1) is 12.2 Å². The van der Waals surface area contributed by atoms with E-state index in [4.69, 9.17) is 4.74 Å². The van der Waals surface area contributed by atoms with Crippen LogP contribution in [-0.2, 0) is 4.74 Å². The van der Waals surface area contributed by atoms with Gasteiger partial charge in [-0.2, -0.15) is 0 Å². The second-order valence-electron chi connectivity index (χ2n) is 4.22. The molecule has 12 heavy (non-hydrogen) atoms. The van der Waals surface area contributed by atoms with Crippen LogP contribution in [0.3, 0.4) is 0 Å². The summed E-state index contributed by atoms with van der Waals surface area (Å²) in [4.78, 5) is 0. The smallest absolute Gasteiger partial charge is 0.0881 e. The van der Waals surface area contributed by atoms with Crippen LogP contribution in [0.15, 0.2) is 0 Å². The largest absolute Gasteiger partial charge is 0.390 e. The number of ether oxygens (including phenoxy) is 1. The topological polar surface area (TPSA) is 29.5 Å². The van der Waals surface area contributed by atoms with E-state index in [9.17, 15) is 5.11 Å². The zero-order valence-corrected chi connectivity index (χ0v) is 8.92. The Bertz CT molecular complexity index is 115. The maximum Gasteiger partial charge on any atom is 0.0881 e. The summed E-state index contributed by atoms with van der Waals surface area (Å²) in [6.45, 7) is 10.9. The summed E-state index contributed by atoms with van der Waals surface area (Å²) in [5, 5.41) is 9.66. The van der Waals surface area contributed by atoms with Gasteiger partial charge in [-0.1, -0.05) is 27.7 Å². The Hall–Kier alpha value is -0.0800. The van der Waals surface area contributed by atoms with Gasteiger partial charge < -0.3 is 9.84 Å². The molecule has 2 unspecified atom stereocenters. The minimum absolute atomic E-state index is 0.0193. The highest BCUT2D eigenvalue weighted by Gasteiger charge is 2.30. The molecule has 0 aliphatic rings. The van der Waals surface area contributed by atoms with Crippen LogP contribution < -0.4 is 0 Å². The molecule has 0 heterocycles. The first-order chi connectivity index (χ1) is 5.43. The number of hydrogen-bond acceptors (Lipinski definition) is 2. The average Bonchev–Trinajstić information content (AvgIpc) is 1.96. The van der Waals surface area contributed by atoms with Gasteiger partial charge in [0.15, 0.2) is 0 Å². The van der Waals surface area contributed by atoms with Crippen LogP contribution in [0.5, 0.6) is 0 Å². The summed E-state index contributed by atoms with van der Waals surface area (Å²) in [5.74, 6) is 0. The summed E-state index contributed by atoms with van der Waals surface area (Å²) in [5.41, 5.74) is 0.0193. The molecule has 0 fully saturated rings. The summed E-state index contributed by atoms with van der Waals surface area (Å²) >= 11 is 0. The zero-order valence-electron chi connectivity index (χ0n) is 8.92. The van der Waals surface area contributed by atoms with Gasteiger partial charge in [-0.3, -0.25) is 0 Å². The van der Waals surface area contributed by atoms with Gasteiger partial charge in [-0.15, -0.1) is 0 Å². The lowest BCUT2D eigenvalue weighted by atomic mass is 9.85. The molecule has 0 aliphatic heterocycles. The monoisotopic (exact) mass is 174 g/mol. The van der Waals surface area contributed by atoms with E-state index in [0.29, 0.717) is 6.61 Å². The lowest BCUT2D eigenvalue weighted by Crippen LogP contribution is -2.39. The molecule has 0 aromatic carbocycles. The number of aliphatic hydroxyl groups is 1. The standard InChI is InChI=1S/C10H22O2/c1-6-8(11)9(12-7-2)10(3,4)5/h8-9,11H,6-7H2,1-5H3. The maximum absolute atomic E-state index is 9.66. The Morgan fingerprint density at radius 2 is 1.75 bits per heavy atom. The Kier molecular flexibility index (Phi) is 4.80. The minimum atomic E-state index is -0.343. The molecule has 2 atom stereocenters. The molecular formula is C10H22O2. The predicted octanol–water partition coefficient (Wildman–Crippen LogP) is 2.21. The fourth-order valence-corrected chi connectivity index (χ4v) is 1.33. The van der Waals surface area contributed by atoms with E-state index in [1.165, 1.54) is 0 Å². The van der Waals surface area contributed by atoms with Crippen molar-refractivity contribution < 1.29 is 9.84 Å². The van der Waals surface area contributed by atoms with Crippen LogP contribution in [0.1, 0.15) is 41.0 Å². The summed E-state index contributed by atoms with van der Waals surface area (Å²) in [6, 6.07) is 0. The van der Waals surface area contributed by atoms with Crippen molar-refractivity contribution >= 4 is 0 Å². The second kappa shape index (κ2) is 4.83. The van der Waals surface area contributed by atoms with Crippen molar-refractivity contribution in [2.24, 2.45) is 5.41 Å². The van der Waals surface area contributed by atoms with E-state index in [0.717, 1.165) is 6.42 Å². The second-order valence-corrected chi connectivity index (χ2v) is 4.22. The highest BCUT2D eigenvalue weighted by molar-refractivity contribution is 4.80. The first-order valence-corrected chi connectivity index (χ1v) is 4.73. The molecule has 0 saturated heterocycles. The van der Waals surface area contributed by atoms with E-state index < -0.39 is 0 Å². The molecule has 0 rings (SSSR count). The van der Waals surface area contributed by atoms with Crippen LogP contribution >= 0.6 is 0 Å². The van der Waals surface area contributed by atoms with E-state index in [-0.39, 0.29) is 17.6 Å². The molecule has 0 saturated carbocycles. The molecule has 0 spiro atoms. The molecule has 0 aromatic rings. The predicted molar refractivity (Wildman–Crippen MR) is 51.2 cm³/mol. The highest BCUT2D eigenvalue weighted by Crippen LogP contribution is 2.26. The third-order valence-corrected chi connectivity index (χ3v) is 1.97. The fourth-order valence-electron chi connectivity index (χ4n) is 1.33. The first kappa shape index (κ1) is 11.9. The van der Waals surface area contributed by atoms with Gasteiger partial charge in [-0.05, 0) is 18.8 Å². The van der Waals surface area contributed by atoms with E-state index in [2.05, 4.69) is 20.8 Å². The molecule has 74 valence electrons. The SMILES string of the molecule is CCOC(C(O)CC)C(C)(C)C. The lowest BCUT2D eigenvalue weighted by Gasteiger charge is -2.33. The summed E-state index contributed by atoms with van der Waals surface area (Å²) in [6.07, 6.45) is 0.361. The molecule has 0 aliphatic carbocycles. The van der Waals surface area contributed by atoms with Crippen molar-refractivity contribution in [1.82, 2.24) is 0 Å². The molecule has 2 heteroatoms. The van der Waals surface area contributed by atoms with Crippen molar-refractivity contribution in [3.05, 3.63) is 0 Å². The normalized spacial score (nSPS) is 17.5. The van der Waals surface area contributed by atoms with Crippen LogP contribution in [-0.4, -0.2) is 23.9 Å². The quantitative estimate of drug-likeness (QED) is 0.708. The van der Waals surface area contributed by atoms with Gasteiger partial charge in [0.1, 0.15) is 0 Å². The van der Waals surface area contributed by atoms with Gasteiger partial charge in [0.2, 0.25) is 0 Å². The third-order valence-electron chi connectivity index (χ3n) is 1.97. The Labute approximate surface area is 75.9 Å². The van der Waals surface area contributed by atoms with Crippen LogP contribution in [0.25, 0.3) is 0 Å². The average molecular weight is 174 g/mol. The van der Waals surface area contributed by atoms with Gasteiger partial charge in [0, 0.05) is 6.61 Å². The van der Waals surface area contributed by atoms with Crippen LogP contribution in [0.4, 0.5) is 0 Å². The van der Waals surface area contributed by atoms with Crippen molar-refractivity contribution in [3.63, 3.8) is 0 Å². The lowest BCUT2D eigenvalue weighted by molar-refractivity contribution is -0.0886. The molecule has 0 aromatic heterocycles. The summed E-state index contributed by atoms with van der Waals surface area (Å²) in [7, 11) is 0. The molecule has 0 amide bonds. The molecular weight excluding hydrogens is 152 g/mol.